The SMILES string of the molecule is O=C(NS(=O)(=O)c1ccccc1Cl)c1cn(-c2ccc(F)cc2Cl)nn1. The van der Waals surface area contributed by atoms with Gasteiger partial charge in [-0.15, -0.1) is 5.10 Å². The summed E-state index contributed by atoms with van der Waals surface area (Å²) >= 11 is 11.8. The minimum absolute atomic E-state index is 0.0328. The number of carbonyl (C=O) groups excluding carboxylic acids is 1. The largest absolute Gasteiger partial charge is 0.287 e. The molecule has 0 radical (unpaired) electrons. The van der Waals surface area contributed by atoms with E-state index >= 15 is 0 Å². The van der Waals surface area contributed by atoms with Gasteiger partial charge < -0.3 is 0 Å². The number of hydrogen-bond donors (Lipinski definition) is 1. The molecule has 2 aromatic carbocycles. The zero-order valence-corrected chi connectivity index (χ0v) is 15.1. The molecule has 1 heterocycles. The molecule has 0 spiro atoms. The highest BCUT2D eigenvalue weighted by molar-refractivity contribution is 7.90. The fourth-order valence-corrected chi connectivity index (χ4v) is 3.78. The Balaban J connectivity index is 1.86. The van der Waals surface area contributed by atoms with Gasteiger partial charge in [-0.25, -0.2) is 22.2 Å². The van der Waals surface area contributed by atoms with Crippen molar-refractivity contribution in [1.82, 2.24) is 19.7 Å². The predicted molar refractivity (Wildman–Crippen MR) is 92.4 cm³/mol. The van der Waals surface area contributed by atoms with Crippen LogP contribution in [0.2, 0.25) is 10.0 Å². The van der Waals surface area contributed by atoms with Gasteiger partial charge in [0.05, 0.1) is 21.9 Å². The van der Waals surface area contributed by atoms with E-state index in [9.17, 15) is 17.6 Å². The van der Waals surface area contributed by atoms with E-state index in [1.165, 1.54) is 24.3 Å². The Hall–Kier alpha value is -2.49. The molecule has 0 aliphatic carbocycles. The summed E-state index contributed by atoms with van der Waals surface area (Å²) in [6, 6.07) is 9.23. The van der Waals surface area contributed by atoms with Crippen molar-refractivity contribution in [3.8, 4) is 5.69 Å². The van der Waals surface area contributed by atoms with Crippen molar-refractivity contribution in [2.24, 2.45) is 0 Å². The smallest absolute Gasteiger partial charge is 0.266 e. The molecule has 0 aliphatic rings. The molecule has 7 nitrogen and oxygen atoms in total. The average molecular weight is 415 g/mol. The number of sulfonamides is 1. The van der Waals surface area contributed by atoms with Gasteiger partial charge in [0.2, 0.25) is 0 Å². The normalized spacial score (nSPS) is 11.3. The van der Waals surface area contributed by atoms with Crippen molar-refractivity contribution < 1.29 is 17.6 Å². The molecular weight excluding hydrogens is 406 g/mol. The number of nitrogens with one attached hydrogen (secondary N) is 1. The number of rotatable bonds is 4. The molecule has 3 aromatic rings. The molecule has 0 aliphatic heterocycles. The summed E-state index contributed by atoms with van der Waals surface area (Å²) in [6.07, 6.45) is 1.16. The highest BCUT2D eigenvalue weighted by atomic mass is 35.5. The topological polar surface area (TPSA) is 94.0 Å². The lowest BCUT2D eigenvalue weighted by Crippen LogP contribution is -2.31. The number of carbonyl (C=O) groups is 1. The lowest BCUT2D eigenvalue weighted by Gasteiger charge is -2.06. The molecule has 1 N–H and O–H groups in total. The van der Waals surface area contributed by atoms with Crippen LogP contribution >= 0.6 is 23.2 Å². The van der Waals surface area contributed by atoms with Crippen LogP contribution in [0.4, 0.5) is 4.39 Å². The van der Waals surface area contributed by atoms with Gasteiger partial charge >= 0.3 is 0 Å². The van der Waals surface area contributed by atoms with Crippen molar-refractivity contribution in [2.45, 2.75) is 4.90 Å². The van der Waals surface area contributed by atoms with E-state index in [1.54, 1.807) is 6.07 Å². The number of halogens is 3. The quantitative estimate of drug-likeness (QED) is 0.708. The van der Waals surface area contributed by atoms with E-state index in [4.69, 9.17) is 23.2 Å². The summed E-state index contributed by atoms with van der Waals surface area (Å²) in [5.74, 6) is -1.54. The number of benzene rings is 2. The van der Waals surface area contributed by atoms with Crippen molar-refractivity contribution in [3.63, 3.8) is 0 Å². The van der Waals surface area contributed by atoms with Crippen LogP contribution in [-0.4, -0.2) is 29.3 Å². The van der Waals surface area contributed by atoms with Crippen molar-refractivity contribution >= 4 is 39.1 Å². The highest BCUT2D eigenvalue weighted by Crippen LogP contribution is 2.22. The summed E-state index contributed by atoms with van der Waals surface area (Å²) in [4.78, 5) is 11.9. The molecule has 0 bridgehead atoms. The summed E-state index contributed by atoms with van der Waals surface area (Å²) in [5.41, 5.74) is -0.00500. The van der Waals surface area contributed by atoms with E-state index in [2.05, 4.69) is 10.3 Å². The van der Waals surface area contributed by atoms with Crippen LogP contribution in [0.1, 0.15) is 10.5 Å². The molecule has 0 fully saturated rings. The maximum atomic E-state index is 13.1. The third-order valence-corrected chi connectivity index (χ3v) is 5.37. The number of nitrogens with zero attached hydrogens (tertiary/aromatic N) is 3. The molecular formula is C15H9Cl2FN4O3S. The molecule has 11 heteroatoms. The van der Waals surface area contributed by atoms with Gasteiger partial charge in [-0.1, -0.05) is 40.5 Å². The van der Waals surface area contributed by atoms with Crippen molar-refractivity contribution in [1.29, 1.82) is 0 Å². The van der Waals surface area contributed by atoms with Crippen LogP contribution in [0.25, 0.3) is 5.69 Å². The summed E-state index contributed by atoms with van der Waals surface area (Å²) in [7, 11) is -4.19. The Labute approximate surface area is 157 Å². The molecule has 134 valence electrons. The van der Waals surface area contributed by atoms with E-state index in [1.807, 2.05) is 4.72 Å². The Kier molecular flexibility index (Phi) is 4.94. The standard InChI is InChI=1S/C15H9Cl2FN4O3S/c16-10-3-1-2-4-14(10)26(24,25)20-15(23)12-8-22(21-19-12)13-6-5-9(18)7-11(13)17/h1-8H,(H,20,23). The van der Waals surface area contributed by atoms with Gasteiger partial charge in [0.15, 0.2) is 5.69 Å². The fraction of sp³-hybridized carbons (Fsp3) is 0. The second-order valence-corrected chi connectivity index (χ2v) is 7.47. The summed E-state index contributed by atoms with van der Waals surface area (Å²) in [6.45, 7) is 0. The minimum atomic E-state index is -4.19. The summed E-state index contributed by atoms with van der Waals surface area (Å²) in [5, 5.41) is 7.32. The number of hydrogen-bond acceptors (Lipinski definition) is 5. The first-order valence-electron chi connectivity index (χ1n) is 6.97. The fourth-order valence-electron chi connectivity index (χ4n) is 2.04. The Bertz CT molecular complexity index is 1100. The van der Waals surface area contributed by atoms with Gasteiger partial charge in [0, 0.05) is 0 Å². The zero-order valence-electron chi connectivity index (χ0n) is 12.7. The molecule has 0 saturated heterocycles. The molecule has 0 saturated carbocycles. The van der Waals surface area contributed by atoms with Gasteiger partial charge in [0.25, 0.3) is 15.9 Å². The first-order chi connectivity index (χ1) is 12.3. The van der Waals surface area contributed by atoms with Crippen LogP contribution in [0, 0.1) is 5.82 Å². The first kappa shape index (κ1) is 18.3. The molecule has 1 amide bonds. The molecule has 3 rings (SSSR count). The number of aromatic nitrogens is 3. The Morgan fingerprint density at radius 3 is 2.54 bits per heavy atom. The molecule has 0 atom stereocenters. The van der Waals surface area contributed by atoms with E-state index in [0.717, 1.165) is 23.0 Å². The van der Waals surface area contributed by atoms with Gasteiger partial charge in [0.1, 0.15) is 10.7 Å². The lowest BCUT2D eigenvalue weighted by atomic mass is 10.3. The average Bonchev–Trinajstić information content (AvgIpc) is 3.04. The zero-order chi connectivity index (χ0) is 18.9. The van der Waals surface area contributed by atoms with Crippen LogP contribution < -0.4 is 4.72 Å². The first-order valence-corrected chi connectivity index (χ1v) is 9.21. The van der Waals surface area contributed by atoms with E-state index in [0.29, 0.717) is 0 Å². The van der Waals surface area contributed by atoms with E-state index in [-0.39, 0.29) is 26.3 Å². The van der Waals surface area contributed by atoms with Gasteiger partial charge in [-0.2, -0.15) is 0 Å². The van der Waals surface area contributed by atoms with Crippen LogP contribution in [0.15, 0.2) is 53.6 Å². The van der Waals surface area contributed by atoms with E-state index < -0.39 is 21.7 Å². The van der Waals surface area contributed by atoms with Crippen molar-refractivity contribution in [2.75, 3.05) is 0 Å². The molecule has 0 unspecified atom stereocenters. The highest BCUT2D eigenvalue weighted by Gasteiger charge is 2.23. The van der Waals surface area contributed by atoms with Crippen molar-refractivity contribution in [3.05, 3.63) is 70.2 Å². The maximum absolute atomic E-state index is 13.1. The molecule has 26 heavy (non-hydrogen) atoms. The number of amides is 1. The minimum Gasteiger partial charge on any atom is -0.266 e. The Morgan fingerprint density at radius 2 is 1.85 bits per heavy atom. The van der Waals surface area contributed by atoms with Gasteiger partial charge in [-0.05, 0) is 30.3 Å². The second-order valence-electron chi connectivity index (χ2n) is 5.01. The second kappa shape index (κ2) is 7.02. The van der Waals surface area contributed by atoms with Crippen LogP contribution in [-0.2, 0) is 10.0 Å². The third-order valence-electron chi connectivity index (χ3n) is 3.24. The van der Waals surface area contributed by atoms with Gasteiger partial charge in [-0.3, -0.25) is 4.79 Å². The van der Waals surface area contributed by atoms with Crippen LogP contribution in [0.5, 0.6) is 0 Å². The molecule has 1 aromatic heterocycles. The Morgan fingerprint density at radius 1 is 1.12 bits per heavy atom. The van der Waals surface area contributed by atoms with Crippen LogP contribution in [0.3, 0.4) is 0 Å². The summed E-state index contributed by atoms with van der Waals surface area (Å²) < 4.78 is 40.6. The third kappa shape index (κ3) is 3.69. The maximum Gasteiger partial charge on any atom is 0.287 e. The monoisotopic (exact) mass is 414 g/mol. The lowest BCUT2D eigenvalue weighted by molar-refractivity contribution is 0.0976. The predicted octanol–water partition coefficient (Wildman–Crippen LogP) is 2.83.